The molecule has 0 aliphatic rings. The van der Waals surface area contributed by atoms with E-state index in [0.717, 1.165) is 5.56 Å². The van der Waals surface area contributed by atoms with Gasteiger partial charge in [0.05, 0.1) is 5.56 Å². The number of carbonyl (C=O) groups excluding carboxylic acids is 1. The number of hydrogen-bond acceptors (Lipinski definition) is 4. The molecule has 0 spiro atoms. The summed E-state index contributed by atoms with van der Waals surface area (Å²) in [5.41, 5.74) is 1.20. The van der Waals surface area contributed by atoms with Gasteiger partial charge in [-0.3, -0.25) is 4.98 Å². The summed E-state index contributed by atoms with van der Waals surface area (Å²) in [5, 5.41) is 0. The van der Waals surface area contributed by atoms with Gasteiger partial charge >= 0.3 is 5.97 Å². The molecule has 0 aliphatic heterocycles. The van der Waals surface area contributed by atoms with Crippen molar-refractivity contribution in [2.75, 3.05) is 0 Å². The zero-order valence-corrected chi connectivity index (χ0v) is 6.07. The van der Waals surface area contributed by atoms with Crippen molar-refractivity contribution in [1.29, 1.82) is 0 Å². The van der Waals surface area contributed by atoms with Gasteiger partial charge in [-0.2, -0.15) is 5.90 Å². The summed E-state index contributed by atoms with van der Waals surface area (Å²) in [7, 11) is 0. The van der Waals surface area contributed by atoms with Gasteiger partial charge in [0.2, 0.25) is 0 Å². The molecule has 1 aromatic heterocycles. The summed E-state index contributed by atoms with van der Waals surface area (Å²) in [4.78, 5) is 18.6. The average molecular weight is 152 g/mol. The molecule has 1 rings (SSSR count). The van der Waals surface area contributed by atoms with Gasteiger partial charge in [0.1, 0.15) is 0 Å². The Balaban J connectivity index is 3.03. The van der Waals surface area contributed by atoms with Gasteiger partial charge in [0.25, 0.3) is 0 Å². The van der Waals surface area contributed by atoms with Crippen LogP contribution in [0.2, 0.25) is 0 Å². The Labute approximate surface area is 63.9 Å². The summed E-state index contributed by atoms with van der Waals surface area (Å²) < 4.78 is 0. The molecule has 2 N–H and O–H groups in total. The van der Waals surface area contributed by atoms with Gasteiger partial charge in [0, 0.05) is 12.4 Å². The summed E-state index contributed by atoms with van der Waals surface area (Å²) >= 11 is 0. The Kier molecular flexibility index (Phi) is 2.18. The van der Waals surface area contributed by atoms with E-state index in [9.17, 15) is 4.79 Å². The summed E-state index contributed by atoms with van der Waals surface area (Å²) in [6, 6.07) is 1.71. The maximum atomic E-state index is 10.8. The van der Waals surface area contributed by atoms with Gasteiger partial charge in [-0.15, -0.1) is 0 Å². The third kappa shape index (κ3) is 1.53. The molecular weight excluding hydrogens is 144 g/mol. The largest absolute Gasteiger partial charge is 0.370 e. The first-order chi connectivity index (χ1) is 5.25. The summed E-state index contributed by atoms with van der Waals surface area (Å²) in [6.07, 6.45) is 3.02. The molecule has 0 radical (unpaired) electrons. The number of carbonyl (C=O) groups is 1. The van der Waals surface area contributed by atoms with Crippen molar-refractivity contribution in [2.24, 2.45) is 5.90 Å². The van der Waals surface area contributed by atoms with Gasteiger partial charge < -0.3 is 4.84 Å². The fraction of sp³-hybridized carbons (Fsp3) is 0.143. The molecule has 0 atom stereocenters. The highest BCUT2D eigenvalue weighted by atomic mass is 16.7. The van der Waals surface area contributed by atoms with Crippen LogP contribution < -0.4 is 5.90 Å². The fourth-order valence-corrected chi connectivity index (χ4v) is 0.741. The van der Waals surface area contributed by atoms with Crippen LogP contribution >= 0.6 is 0 Å². The molecule has 4 nitrogen and oxygen atoms in total. The standard InChI is InChI=1S/C7H8N2O2/c1-5-2-3-9-4-6(5)7(10)11-8/h2-4H,8H2,1H3. The van der Waals surface area contributed by atoms with E-state index in [1.165, 1.54) is 6.20 Å². The van der Waals surface area contributed by atoms with Crippen LogP contribution in [0.15, 0.2) is 18.5 Å². The smallest absolute Gasteiger partial charge is 0.358 e. The number of hydrogen-bond donors (Lipinski definition) is 1. The van der Waals surface area contributed by atoms with Crippen molar-refractivity contribution in [3.8, 4) is 0 Å². The maximum absolute atomic E-state index is 10.8. The molecule has 0 saturated carbocycles. The molecule has 1 aromatic rings. The van der Waals surface area contributed by atoms with E-state index >= 15 is 0 Å². The van der Waals surface area contributed by atoms with E-state index < -0.39 is 5.97 Å². The third-order valence-electron chi connectivity index (χ3n) is 1.37. The lowest BCUT2D eigenvalue weighted by Gasteiger charge is -1.99. The number of nitrogens with two attached hydrogens (primary N) is 1. The number of pyridine rings is 1. The van der Waals surface area contributed by atoms with Crippen LogP contribution in [0.3, 0.4) is 0 Å². The summed E-state index contributed by atoms with van der Waals surface area (Å²) in [6.45, 7) is 1.79. The lowest BCUT2D eigenvalue weighted by atomic mass is 10.2. The SMILES string of the molecule is Cc1ccncc1C(=O)ON. The van der Waals surface area contributed by atoms with Gasteiger partial charge in [-0.25, -0.2) is 4.79 Å². The molecule has 0 fully saturated rings. The number of nitrogens with zero attached hydrogens (tertiary/aromatic N) is 1. The predicted molar refractivity (Wildman–Crippen MR) is 38.6 cm³/mol. The number of rotatable bonds is 1. The molecule has 11 heavy (non-hydrogen) atoms. The minimum absolute atomic E-state index is 0.398. The Morgan fingerprint density at radius 1 is 1.73 bits per heavy atom. The third-order valence-corrected chi connectivity index (χ3v) is 1.37. The van der Waals surface area contributed by atoms with Crippen LogP contribution in [0, 0.1) is 6.92 Å². The van der Waals surface area contributed by atoms with Crippen LogP contribution in [-0.4, -0.2) is 11.0 Å². The first-order valence-electron chi connectivity index (χ1n) is 3.07. The highest BCUT2D eigenvalue weighted by Crippen LogP contribution is 2.04. The Hall–Kier alpha value is -1.42. The molecule has 58 valence electrons. The van der Waals surface area contributed by atoms with Crippen molar-refractivity contribution in [1.82, 2.24) is 4.98 Å². The van der Waals surface area contributed by atoms with Gasteiger partial charge in [0.15, 0.2) is 0 Å². The Bertz CT molecular complexity index is 273. The molecule has 0 amide bonds. The molecular formula is C7H8N2O2. The topological polar surface area (TPSA) is 65.2 Å². The zero-order chi connectivity index (χ0) is 8.27. The molecule has 0 aromatic carbocycles. The van der Waals surface area contributed by atoms with Crippen LogP contribution in [0.4, 0.5) is 0 Å². The summed E-state index contributed by atoms with van der Waals surface area (Å²) in [5.74, 6) is 4.14. The van der Waals surface area contributed by atoms with Crippen molar-refractivity contribution in [3.05, 3.63) is 29.6 Å². The van der Waals surface area contributed by atoms with E-state index in [1.807, 2.05) is 0 Å². The Morgan fingerprint density at radius 3 is 3.00 bits per heavy atom. The van der Waals surface area contributed by atoms with Crippen molar-refractivity contribution in [2.45, 2.75) is 6.92 Å². The lowest BCUT2D eigenvalue weighted by molar-refractivity contribution is 0.0502. The second-order valence-electron chi connectivity index (χ2n) is 2.10. The minimum atomic E-state index is -0.560. The molecule has 4 heteroatoms. The first kappa shape index (κ1) is 7.68. The van der Waals surface area contributed by atoms with E-state index in [-0.39, 0.29) is 0 Å². The normalized spacial score (nSPS) is 9.27. The number of aryl methyl sites for hydroxylation is 1. The maximum Gasteiger partial charge on any atom is 0.358 e. The first-order valence-corrected chi connectivity index (χ1v) is 3.07. The predicted octanol–water partition coefficient (Wildman–Crippen LogP) is 0.421. The van der Waals surface area contributed by atoms with Gasteiger partial charge in [-0.05, 0) is 18.6 Å². The monoisotopic (exact) mass is 152 g/mol. The van der Waals surface area contributed by atoms with E-state index in [2.05, 4.69) is 9.82 Å². The zero-order valence-electron chi connectivity index (χ0n) is 6.07. The van der Waals surface area contributed by atoms with E-state index in [1.54, 1.807) is 19.2 Å². The van der Waals surface area contributed by atoms with Crippen LogP contribution in [0.1, 0.15) is 15.9 Å². The van der Waals surface area contributed by atoms with Crippen LogP contribution in [-0.2, 0) is 4.84 Å². The van der Waals surface area contributed by atoms with E-state index in [0.29, 0.717) is 5.56 Å². The van der Waals surface area contributed by atoms with E-state index in [4.69, 9.17) is 5.90 Å². The highest BCUT2D eigenvalue weighted by molar-refractivity contribution is 5.90. The average Bonchev–Trinajstić information content (AvgIpc) is 2.04. The van der Waals surface area contributed by atoms with Crippen molar-refractivity contribution in [3.63, 3.8) is 0 Å². The quantitative estimate of drug-likeness (QED) is 0.592. The molecule has 0 unspecified atom stereocenters. The Morgan fingerprint density at radius 2 is 2.45 bits per heavy atom. The number of aromatic nitrogens is 1. The fourth-order valence-electron chi connectivity index (χ4n) is 0.741. The molecule has 0 aliphatic carbocycles. The second-order valence-corrected chi connectivity index (χ2v) is 2.10. The molecule has 1 heterocycles. The second kappa shape index (κ2) is 3.12. The van der Waals surface area contributed by atoms with Crippen LogP contribution in [0.25, 0.3) is 0 Å². The lowest BCUT2D eigenvalue weighted by Crippen LogP contribution is -2.11. The highest BCUT2D eigenvalue weighted by Gasteiger charge is 2.07. The molecule has 0 saturated heterocycles. The minimum Gasteiger partial charge on any atom is -0.370 e. The molecule has 0 bridgehead atoms. The van der Waals surface area contributed by atoms with Gasteiger partial charge in [-0.1, -0.05) is 0 Å². The van der Waals surface area contributed by atoms with Crippen molar-refractivity contribution >= 4 is 5.97 Å². The van der Waals surface area contributed by atoms with Crippen molar-refractivity contribution < 1.29 is 9.63 Å². The van der Waals surface area contributed by atoms with Crippen LogP contribution in [0.5, 0.6) is 0 Å².